The summed E-state index contributed by atoms with van der Waals surface area (Å²) < 4.78 is 10.5. The molecular formula is C19H18ClNO4. The van der Waals surface area contributed by atoms with E-state index in [4.69, 9.17) is 21.1 Å². The van der Waals surface area contributed by atoms with Gasteiger partial charge in [0.2, 0.25) is 0 Å². The number of carbonyl (C=O) groups excluding carboxylic acids is 2. The lowest BCUT2D eigenvalue weighted by molar-refractivity contribution is -0.121. The number of ketones is 1. The third kappa shape index (κ3) is 3.46. The van der Waals surface area contributed by atoms with Crippen molar-refractivity contribution in [1.29, 1.82) is 0 Å². The summed E-state index contributed by atoms with van der Waals surface area (Å²) in [4.78, 5) is 26.2. The fraction of sp³-hybridized carbons (Fsp3) is 0.263. The number of amides is 1. The van der Waals surface area contributed by atoms with Crippen LogP contribution >= 0.6 is 11.6 Å². The Hall–Kier alpha value is -2.53. The zero-order valence-electron chi connectivity index (χ0n) is 14.0. The number of anilines is 1. The second kappa shape index (κ2) is 7.15. The molecule has 2 aromatic carbocycles. The second-order valence-corrected chi connectivity index (χ2v) is 6.07. The maximum atomic E-state index is 12.6. The highest BCUT2D eigenvalue weighted by atomic mass is 35.5. The standard InChI is InChI=1S/C19H18ClNO4/c1-3-21-16-8-13(5-7-18(16)25-11-19(21)23)17(22)9-12-4-6-14(24-2)10-15(12)20/h4-8,10H,3,9,11H2,1-2H3. The maximum absolute atomic E-state index is 12.6. The van der Waals surface area contributed by atoms with E-state index in [2.05, 4.69) is 0 Å². The average molecular weight is 360 g/mol. The molecule has 1 amide bonds. The Morgan fingerprint density at radius 1 is 1.28 bits per heavy atom. The van der Waals surface area contributed by atoms with E-state index in [1.54, 1.807) is 48.4 Å². The molecule has 0 aromatic heterocycles. The van der Waals surface area contributed by atoms with Gasteiger partial charge in [-0.2, -0.15) is 0 Å². The summed E-state index contributed by atoms with van der Waals surface area (Å²) in [6.45, 7) is 2.44. The Labute approximate surface area is 151 Å². The van der Waals surface area contributed by atoms with Crippen LogP contribution in [0.2, 0.25) is 5.02 Å². The van der Waals surface area contributed by atoms with E-state index in [9.17, 15) is 9.59 Å². The number of rotatable bonds is 5. The number of carbonyl (C=O) groups is 2. The van der Waals surface area contributed by atoms with Gasteiger partial charge in [-0.3, -0.25) is 9.59 Å². The van der Waals surface area contributed by atoms with E-state index < -0.39 is 0 Å². The van der Waals surface area contributed by atoms with Crippen molar-refractivity contribution in [3.63, 3.8) is 0 Å². The van der Waals surface area contributed by atoms with Gasteiger partial charge in [0.05, 0.1) is 12.8 Å². The van der Waals surface area contributed by atoms with Gasteiger partial charge in [-0.15, -0.1) is 0 Å². The first-order chi connectivity index (χ1) is 12.0. The summed E-state index contributed by atoms with van der Waals surface area (Å²) in [6, 6.07) is 10.4. The first-order valence-corrected chi connectivity index (χ1v) is 8.34. The molecular weight excluding hydrogens is 342 g/mol. The van der Waals surface area contributed by atoms with Crippen LogP contribution in [0, 0.1) is 0 Å². The van der Waals surface area contributed by atoms with E-state index in [-0.39, 0.29) is 24.7 Å². The van der Waals surface area contributed by atoms with Gasteiger partial charge in [0, 0.05) is 23.6 Å². The number of benzene rings is 2. The summed E-state index contributed by atoms with van der Waals surface area (Å²) in [5, 5.41) is 0.486. The van der Waals surface area contributed by atoms with Gasteiger partial charge < -0.3 is 14.4 Å². The number of Topliss-reactive ketones (excluding diaryl/α,β-unsaturated/α-hetero) is 1. The van der Waals surface area contributed by atoms with Gasteiger partial charge in [0.1, 0.15) is 11.5 Å². The molecule has 25 heavy (non-hydrogen) atoms. The minimum Gasteiger partial charge on any atom is -0.497 e. The third-order valence-corrected chi connectivity index (χ3v) is 4.50. The normalized spacial score (nSPS) is 13.2. The first kappa shape index (κ1) is 17.3. The fourth-order valence-corrected chi connectivity index (χ4v) is 3.03. The highest BCUT2D eigenvalue weighted by molar-refractivity contribution is 6.31. The predicted octanol–water partition coefficient (Wildman–Crippen LogP) is 3.52. The summed E-state index contributed by atoms with van der Waals surface area (Å²) in [5.74, 6) is 1.06. The van der Waals surface area contributed by atoms with Crippen LogP contribution in [0.3, 0.4) is 0 Å². The number of hydrogen-bond donors (Lipinski definition) is 0. The number of ether oxygens (including phenoxy) is 2. The lowest BCUT2D eigenvalue weighted by Crippen LogP contribution is -2.38. The summed E-state index contributed by atoms with van der Waals surface area (Å²) in [5.41, 5.74) is 1.87. The zero-order chi connectivity index (χ0) is 18.0. The van der Waals surface area contributed by atoms with E-state index in [0.29, 0.717) is 34.3 Å². The van der Waals surface area contributed by atoms with Gasteiger partial charge in [0.15, 0.2) is 12.4 Å². The van der Waals surface area contributed by atoms with Crippen molar-refractivity contribution in [2.24, 2.45) is 0 Å². The average Bonchev–Trinajstić information content (AvgIpc) is 2.62. The Kier molecular flexibility index (Phi) is 4.95. The highest BCUT2D eigenvalue weighted by Crippen LogP contribution is 2.33. The number of nitrogens with zero attached hydrogens (tertiary/aromatic N) is 1. The molecule has 0 bridgehead atoms. The second-order valence-electron chi connectivity index (χ2n) is 5.67. The lowest BCUT2D eigenvalue weighted by Gasteiger charge is -2.28. The summed E-state index contributed by atoms with van der Waals surface area (Å²) >= 11 is 6.21. The largest absolute Gasteiger partial charge is 0.497 e. The highest BCUT2D eigenvalue weighted by Gasteiger charge is 2.25. The molecule has 0 radical (unpaired) electrons. The third-order valence-electron chi connectivity index (χ3n) is 4.15. The van der Waals surface area contributed by atoms with Crippen LogP contribution < -0.4 is 14.4 Å². The number of hydrogen-bond acceptors (Lipinski definition) is 4. The molecule has 5 nitrogen and oxygen atoms in total. The summed E-state index contributed by atoms with van der Waals surface area (Å²) in [6.07, 6.45) is 0.169. The molecule has 0 fully saturated rings. The van der Waals surface area contributed by atoms with Crippen LogP contribution in [-0.4, -0.2) is 32.0 Å². The quantitative estimate of drug-likeness (QED) is 0.766. The van der Waals surface area contributed by atoms with Gasteiger partial charge >= 0.3 is 0 Å². The Bertz CT molecular complexity index is 834. The fourth-order valence-electron chi connectivity index (χ4n) is 2.80. The van der Waals surface area contributed by atoms with Crippen LogP contribution in [0.5, 0.6) is 11.5 Å². The van der Waals surface area contributed by atoms with Crippen molar-refractivity contribution in [2.75, 3.05) is 25.2 Å². The van der Waals surface area contributed by atoms with Crippen molar-refractivity contribution >= 4 is 29.0 Å². The molecule has 0 saturated heterocycles. The predicted molar refractivity (Wildman–Crippen MR) is 96.0 cm³/mol. The Balaban J connectivity index is 1.86. The van der Waals surface area contributed by atoms with Gasteiger partial charge in [-0.05, 0) is 42.8 Å². The topological polar surface area (TPSA) is 55.8 Å². The van der Waals surface area contributed by atoms with Crippen LogP contribution in [0.15, 0.2) is 36.4 Å². The molecule has 0 spiro atoms. The van der Waals surface area contributed by atoms with E-state index in [0.717, 1.165) is 5.56 Å². The van der Waals surface area contributed by atoms with Crippen molar-refractivity contribution in [1.82, 2.24) is 0 Å². The van der Waals surface area contributed by atoms with E-state index in [1.807, 2.05) is 6.92 Å². The van der Waals surface area contributed by atoms with Gasteiger partial charge in [-0.25, -0.2) is 0 Å². The molecule has 0 saturated carbocycles. The molecule has 0 atom stereocenters. The molecule has 6 heteroatoms. The van der Waals surface area contributed by atoms with Crippen molar-refractivity contribution in [3.05, 3.63) is 52.5 Å². The van der Waals surface area contributed by atoms with Crippen LogP contribution in [0.1, 0.15) is 22.8 Å². The monoisotopic (exact) mass is 359 g/mol. The molecule has 0 aliphatic carbocycles. The van der Waals surface area contributed by atoms with E-state index in [1.165, 1.54) is 0 Å². The molecule has 1 heterocycles. The van der Waals surface area contributed by atoms with Crippen LogP contribution in [0.4, 0.5) is 5.69 Å². The smallest absolute Gasteiger partial charge is 0.265 e. The molecule has 130 valence electrons. The molecule has 2 aromatic rings. The first-order valence-electron chi connectivity index (χ1n) is 7.96. The van der Waals surface area contributed by atoms with Gasteiger partial charge in [-0.1, -0.05) is 17.7 Å². The van der Waals surface area contributed by atoms with Crippen molar-refractivity contribution < 1.29 is 19.1 Å². The molecule has 1 aliphatic heterocycles. The zero-order valence-corrected chi connectivity index (χ0v) is 14.8. The molecule has 3 rings (SSSR count). The van der Waals surface area contributed by atoms with E-state index >= 15 is 0 Å². The van der Waals surface area contributed by atoms with Crippen LogP contribution in [-0.2, 0) is 11.2 Å². The SMILES string of the molecule is CCN1C(=O)COc2ccc(C(=O)Cc3ccc(OC)cc3Cl)cc21. The number of likely N-dealkylation sites (N-methyl/N-ethyl adjacent to an activating group) is 1. The minimum absolute atomic E-state index is 0.0234. The van der Waals surface area contributed by atoms with Crippen molar-refractivity contribution in [2.45, 2.75) is 13.3 Å². The minimum atomic E-state index is -0.113. The van der Waals surface area contributed by atoms with Gasteiger partial charge in [0.25, 0.3) is 5.91 Å². The number of fused-ring (bicyclic) bond motifs is 1. The Morgan fingerprint density at radius 2 is 2.08 bits per heavy atom. The number of halogens is 1. The van der Waals surface area contributed by atoms with Crippen molar-refractivity contribution in [3.8, 4) is 11.5 Å². The maximum Gasteiger partial charge on any atom is 0.265 e. The Morgan fingerprint density at radius 3 is 2.76 bits per heavy atom. The molecule has 0 unspecified atom stereocenters. The molecule has 1 aliphatic rings. The lowest BCUT2D eigenvalue weighted by atomic mass is 10.0. The molecule has 0 N–H and O–H groups in total. The number of methoxy groups -OCH3 is 1. The van der Waals surface area contributed by atoms with Crippen LogP contribution in [0.25, 0.3) is 0 Å². The summed E-state index contributed by atoms with van der Waals surface area (Å²) in [7, 11) is 1.56.